The van der Waals surface area contributed by atoms with Crippen molar-refractivity contribution in [3.05, 3.63) is 29.3 Å². The average molecular weight is 312 g/mol. The number of hydrogen-bond acceptors (Lipinski definition) is 5. The van der Waals surface area contributed by atoms with Crippen LogP contribution in [0.1, 0.15) is 0 Å². The number of rotatable bonds is 3. The van der Waals surface area contributed by atoms with Gasteiger partial charge in [-0.2, -0.15) is 0 Å². The Bertz CT molecular complexity index is 441. The first-order valence-electron chi connectivity index (χ1n) is 7.40. The van der Waals surface area contributed by atoms with E-state index < -0.39 is 0 Å². The van der Waals surface area contributed by atoms with Crippen LogP contribution in [0.3, 0.4) is 0 Å². The van der Waals surface area contributed by atoms with Crippen molar-refractivity contribution >= 4 is 11.6 Å². The fraction of sp³-hybridized carbons (Fsp3) is 0.600. The van der Waals surface area contributed by atoms with Crippen LogP contribution in [0.2, 0.25) is 5.02 Å². The number of hydrogen-bond donors (Lipinski definition) is 1. The molecule has 2 saturated heterocycles. The Balaban J connectivity index is 1.45. The highest BCUT2D eigenvalue weighted by atomic mass is 35.5. The van der Waals surface area contributed by atoms with E-state index in [2.05, 4.69) is 22.2 Å². The van der Waals surface area contributed by atoms with Crippen LogP contribution in [0.15, 0.2) is 24.3 Å². The number of nitrogens with one attached hydrogen (secondary N) is 1. The lowest BCUT2D eigenvalue weighted by Gasteiger charge is -2.41. The minimum absolute atomic E-state index is 0.102. The predicted molar refractivity (Wildman–Crippen MR) is 82.7 cm³/mol. The van der Waals surface area contributed by atoms with Gasteiger partial charge in [0.05, 0.1) is 6.61 Å². The Hall–Kier alpha value is -0.850. The third-order valence-electron chi connectivity index (χ3n) is 4.00. The van der Waals surface area contributed by atoms with Gasteiger partial charge in [-0.05, 0) is 31.3 Å². The molecule has 0 saturated carbocycles. The first-order valence-corrected chi connectivity index (χ1v) is 7.78. The summed E-state index contributed by atoms with van der Waals surface area (Å²) in [4.78, 5) is 4.74. The summed E-state index contributed by atoms with van der Waals surface area (Å²) in [6.45, 7) is 5.67. The molecule has 2 fully saturated rings. The Morgan fingerprint density at radius 1 is 1.19 bits per heavy atom. The molecule has 1 N–H and O–H groups in total. The van der Waals surface area contributed by atoms with Gasteiger partial charge < -0.3 is 14.4 Å². The first kappa shape index (κ1) is 15.1. The Kier molecular flexibility index (Phi) is 4.98. The Morgan fingerprint density at radius 3 is 2.52 bits per heavy atom. The second-order valence-electron chi connectivity index (χ2n) is 5.60. The Morgan fingerprint density at radius 2 is 1.90 bits per heavy atom. The van der Waals surface area contributed by atoms with E-state index in [9.17, 15) is 0 Å². The number of piperazine rings is 1. The van der Waals surface area contributed by atoms with E-state index in [1.807, 2.05) is 24.3 Å². The molecule has 0 spiro atoms. The van der Waals surface area contributed by atoms with E-state index in [1.165, 1.54) is 0 Å². The topological polar surface area (TPSA) is 37.0 Å². The molecular weight excluding hydrogens is 290 g/mol. The van der Waals surface area contributed by atoms with Gasteiger partial charge in [0.2, 0.25) is 0 Å². The van der Waals surface area contributed by atoms with Crippen molar-refractivity contribution in [2.75, 3.05) is 46.4 Å². The molecule has 21 heavy (non-hydrogen) atoms. The van der Waals surface area contributed by atoms with E-state index in [-0.39, 0.29) is 12.5 Å². The minimum atomic E-state index is -0.102. The molecule has 2 atom stereocenters. The molecular formula is C15H22ClN3O2. The van der Waals surface area contributed by atoms with Crippen molar-refractivity contribution < 1.29 is 9.47 Å². The molecule has 6 heteroatoms. The molecule has 2 aliphatic rings. The molecule has 0 aliphatic carbocycles. The zero-order valence-corrected chi connectivity index (χ0v) is 13.1. The quantitative estimate of drug-likeness (QED) is 0.909. The van der Waals surface area contributed by atoms with Crippen LogP contribution >= 0.6 is 11.6 Å². The SMILES string of the molecule is CN1CCN(C2CNC(Oc3ccc(Cl)cc3)CO2)CC1. The average Bonchev–Trinajstić information content (AvgIpc) is 2.51. The molecule has 0 radical (unpaired) electrons. The standard InChI is InChI=1S/C15H22ClN3O2/c1-18-6-8-19(9-7-18)15-10-17-14(11-20-15)21-13-4-2-12(16)3-5-13/h2-5,14-15,17H,6-11H2,1H3. The summed E-state index contributed by atoms with van der Waals surface area (Å²) in [5, 5.41) is 4.12. The van der Waals surface area contributed by atoms with Crippen molar-refractivity contribution in [1.82, 2.24) is 15.1 Å². The van der Waals surface area contributed by atoms with Gasteiger partial charge in [0.15, 0.2) is 6.23 Å². The van der Waals surface area contributed by atoms with E-state index in [1.54, 1.807) is 0 Å². The van der Waals surface area contributed by atoms with Crippen LogP contribution in [-0.2, 0) is 4.74 Å². The van der Waals surface area contributed by atoms with Crippen molar-refractivity contribution in [2.24, 2.45) is 0 Å². The number of nitrogens with zero attached hydrogens (tertiary/aromatic N) is 2. The zero-order valence-electron chi connectivity index (χ0n) is 12.3. The van der Waals surface area contributed by atoms with Crippen LogP contribution in [0, 0.1) is 0 Å². The number of ether oxygens (including phenoxy) is 2. The Labute approximate surface area is 130 Å². The maximum absolute atomic E-state index is 5.96. The molecule has 1 aromatic rings. The van der Waals surface area contributed by atoms with E-state index >= 15 is 0 Å². The molecule has 116 valence electrons. The second-order valence-corrected chi connectivity index (χ2v) is 6.03. The minimum Gasteiger partial charge on any atom is -0.473 e. The highest BCUT2D eigenvalue weighted by molar-refractivity contribution is 6.30. The molecule has 2 aliphatic heterocycles. The molecule has 5 nitrogen and oxygen atoms in total. The summed E-state index contributed by atoms with van der Waals surface area (Å²) in [7, 11) is 2.16. The van der Waals surface area contributed by atoms with Gasteiger partial charge in [-0.3, -0.25) is 10.2 Å². The summed E-state index contributed by atoms with van der Waals surface area (Å²) in [5.74, 6) is 0.804. The van der Waals surface area contributed by atoms with Crippen molar-refractivity contribution in [1.29, 1.82) is 0 Å². The summed E-state index contributed by atoms with van der Waals surface area (Å²) < 4.78 is 11.8. The predicted octanol–water partition coefficient (Wildman–Crippen LogP) is 1.24. The van der Waals surface area contributed by atoms with Gasteiger partial charge in [0, 0.05) is 37.7 Å². The second kappa shape index (κ2) is 6.94. The van der Waals surface area contributed by atoms with Crippen LogP contribution in [0.4, 0.5) is 0 Å². The van der Waals surface area contributed by atoms with Crippen molar-refractivity contribution in [3.8, 4) is 5.75 Å². The van der Waals surface area contributed by atoms with E-state index in [4.69, 9.17) is 21.1 Å². The lowest BCUT2D eigenvalue weighted by atomic mass is 10.3. The molecule has 3 rings (SSSR count). The van der Waals surface area contributed by atoms with Gasteiger partial charge in [-0.1, -0.05) is 11.6 Å². The van der Waals surface area contributed by atoms with Crippen LogP contribution in [0.5, 0.6) is 5.75 Å². The van der Waals surface area contributed by atoms with Gasteiger partial charge in [-0.25, -0.2) is 0 Å². The summed E-state index contributed by atoms with van der Waals surface area (Å²) in [5.41, 5.74) is 0. The summed E-state index contributed by atoms with van der Waals surface area (Å²) in [6, 6.07) is 7.40. The first-order chi connectivity index (χ1) is 10.2. The summed E-state index contributed by atoms with van der Waals surface area (Å²) in [6.07, 6.45) is 0.0543. The number of morpholine rings is 1. The van der Waals surface area contributed by atoms with Gasteiger partial charge in [0.1, 0.15) is 12.0 Å². The third kappa shape index (κ3) is 4.08. The number of benzene rings is 1. The van der Waals surface area contributed by atoms with Gasteiger partial charge in [0.25, 0.3) is 0 Å². The fourth-order valence-corrected chi connectivity index (χ4v) is 2.77. The molecule has 2 unspecified atom stereocenters. The number of likely N-dealkylation sites (N-methyl/N-ethyl adjacent to an activating group) is 1. The highest BCUT2D eigenvalue weighted by Crippen LogP contribution is 2.18. The van der Waals surface area contributed by atoms with E-state index in [0.717, 1.165) is 38.5 Å². The molecule has 1 aromatic carbocycles. The molecule has 0 amide bonds. The van der Waals surface area contributed by atoms with Gasteiger partial charge >= 0.3 is 0 Å². The largest absolute Gasteiger partial charge is 0.473 e. The highest BCUT2D eigenvalue weighted by Gasteiger charge is 2.28. The van der Waals surface area contributed by atoms with Crippen LogP contribution in [0.25, 0.3) is 0 Å². The van der Waals surface area contributed by atoms with Crippen molar-refractivity contribution in [3.63, 3.8) is 0 Å². The van der Waals surface area contributed by atoms with E-state index in [0.29, 0.717) is 11.6 Å². The molecule has 2 heterocycles. The zero-order chi connectivity index (χ0) is 14.7. The maximum Gasteiger partial charge on any atom is 0.173 e. The van der Waals surface area contributed by atoms with Gasteiger partial charge in [-0.15, -0.1) is 0 Å². The van der Waals surface area contributed by atoms with Crippen LogP contribution < -0.4 is 10.1 Å². The fourth-order valence-electron chi connectivity index (χ4n) is 2.65. The monoisotopic (exact) mass is 311 g/mol. The van der Waals surface area contributed by atoms with Crippen molar-refractivity contribution in [2.45, 2.75) is 12.5 Å². The smallest absolute Gasteiger partial charge is 0.173 e. The maximum atomic E-state index is 5.96. The summed E-state index contributed by atoms with van der Waals surface area (Å²) >= 11 is 5.86. The molecule has 0 aromatic heterocycles. The normalized spacial score (nSPS) is 28.5. The lowest BCUT2D eigenvalue weighted by molar-refractivity contribution is -0.127. The number of halogens is 1. The lowest BCUT2D eigenvalue weighted by Crippen LogP contribution is -2.58. The molecule has 0 bridgehead atoms. The van der Waals surface area contributed by atoms with Crippen LogP contribution in [-0.4, -0.2) is 68.6 Å². The third-order valence-corrected chi connectivity index (χ3v) is 4.25.